The van der Waals surface area contributed by atoms with Gasteiger partial charge in [0.2, 0.25) is 0 Å². The SMILES string of the molecule is C[C@]12C=C/C(=N\O)C=C1CC[C@@H]1C2C(=O)C[C@@]2(C)C1CC[C@@]2(C)O. The van der Waals surface area contributed by atoms with Crippen LogP contribution in [-0.4, -0.2) is 27.4 Å². The van der Waals surface area contributed by atoms with Crippen molar-refractivity contribution in [1.82, 2.24) is 0 Å². The van der Waals surface area contributed by atoms with Gasteiger partial charge in [-0.1, -0.05) is 30.7 Å². The molecule has 24 heavy (non-hydrogen) atoms. The fourth-order valence-electron chi connectivity index (χ4n) is 6.32. The molecule has 0 aromatic carbocycles. The fraction of sp³-hybridized carbons (Fsp3) is 0.700. The first kappa shape index (κ1) is 16.1. The average molecular weight is 329 g/mol. The zero-order valence-electron chi connectivity index (χ0n) is 14.7. The van der Waals surface area contributed by atoms with Crippen molar-refractivity contribution in [1.29, 1.82) is 0 Å². The first-order valence-corrected chi connectivity index (χ1v) is 9.10. The second-order valence-corrected chi connectivity index (χ2v) is 8.97. The third kappa shape index (κ3) is 1.83. The van der Waals surface area contributed by atoms with Crippen molar-refractivity contribution in [3.8, 4) is 0 Å². The number of carbonyl (C=O) groups is 1. The number of ketones is 1. The van der Waals surface area contributed by atoms with Crippen molar-refractivity contribution < 1.29 is 15.1 Å². The molecular weight excluding hydrogens is 302 g/mol. The van der Waals surface area contributed by atoms with Crippen LogP contribution in [0.5, 0.6) is 0 Å². The van der Waals surface area contributed by atoms with E-state index in [0.717, 1.165) is 25.7 Å². The summed E-state index contributed by atoms with van der Waals surface area (Å²) in [6.07, 6.45) is 10.1. The van der Waals surface area contributed by atoms with E-state index >= 15 is 0 Å². The number of aliphatic hydroxyl groups is 1. The Hall–Kier alpha value is -1.42. The van der Waals surface area contributed by atoms with Gasteiger partial charge in [0.1, 0.15) is 11.5 Å². The third-order valence-electron chi connectivity index (χ3n) is 7.95. The van der Waals surface area contributed by atoms with Crippen molar-refractivity contribution in [2.45, 2.75) is 58.5 Å². The van der Waals surface area contributed by atoms with Gasteiger partial charge in [0.15, 0.2) is 0 Å². The monoisotopic (exact) mass is 329 g/mol. The van der Waals surface area contributed by atoms with Gasteiger partial charge in [-0.15, -0.1) is 0 Å². The molecule has 4 nitrogen and oxygen atoms in total. The largest absolute Gasteiger partial charge is 0.410 e. The zero-order chi connectivity index (χ0) is 17.3. The summed E-state index contributed by atoms with van der Waals surface area (Å²) in [5.74, 6) is 1.03. The van der Waals surface area contributed by atoms with E-state index in [1.54, 1.807) is 0 Å². The zero-order valence-corrected chi connectivity index (χ0v) is 14.7. The maximum Gasteiger partial charge on any atom is 0.138 e. The molecule has 4 aliphatic rings. The van der Waals surface area contributed by atoms with E-state index in [2.05, 4.69) is 25.1 Å². The normalized spacial score (nSPS) is 51.8. The Morgan fingerprint density at radius 3 is 2.71 bits per heavy atom. The van der Waals surface area contributed by atoms with Crippen LogP contribution >= 0.6 is 0 Å². The van der Waals surface area contributed by atoms with Crippen molar-refractivity contribution in [2.75, 3.05) is 0 Å². The van der Waals surface area contributed by atoms with Crippen LogP contribution in [0.1, 0.15) is 52.9 Å². The molecule has 6 atom stereocenters. The van der Waals surface area contributed by atoms with Gasteiger partial charge in [0, 0.05) is 23.2 Å². The number of allylic oxidation sites excluding steroid dienone is 4. The van der Waals surface area contributed by atoms with E-state index in [1.165, 1.54) is 5.57 Å². The van der Waals surface area contributed by atoms with E-state index in [9.17, 15) is 9.90 Å². The van der Waals surface area contributed by atoms with Gasteiger partial charge < -0.3 is 10.3 Å². The Balaban J connectivity index is 1.77. The maximum atomic E-state index is 13.2. The van der Waals surface area contributed by atoms with Gasteiger partial charge in [-0.2, -0.15) is 0 Å². The van der Waals surface area contributed by atoms with Crippen LogP contribution < -0.4 is 0 Å². The van der Waals surface area contributed by atoms with Crippen molar-refractivity contribution >= 4 is 11.5 Å². The molecule has 3 fully saturated rings. The van der Waals surface area contributed by atoms with Crippen LogP contribution in [0.25, 0.3) is 0 Å². The van der Waals surface area contributed by atoms with Crippen LogP contribution in [0.15, 0.2) is 29.0 Å². The van der Waals surface area contributed by atoms with E-state index in [4.69, 9.17) is 5.21 Å². The van der Waals surface area contributed by atoms with Crippen LogP contribution in [0.4, 0.5) is 0 Å². The van der Waals surface area contributed by atoms with Gasteiger partial charge in [-0.3, -0.25) is 4.79 Å². The van der Waals surface area contributed by atoms with Crippen molar-refractivity contribution in [3.63, 3.8) is 0 Å². The molecule has 0 saturated heterocycles. The predicted molar refractivity (Wildman–Crippen MR) is 91.8 cm³/mol. The molecule has 2 N–H and O–H groups in total. The molecule has 3 saturated carbocycles. The van der Waals surface area contributed by atoms with E-state index in [0.29, 0.717) is 29.8 Å². The van der Waals surface area contributed by atoms with Crippen LogP contribution in [0, 0.1) is 28.6 Å². The number of fused-ring (bicyclic) bond motifs is 5. The lowest BCUT2D eigenvalue weighted by Gasteiger charge is -2.56. The van der Waals surface area contributed by atoms with Gasteiger partial charge in [-0.25, -0.2) is 0 Å². The Bertz CT molecular complexity index is 689. The summed E-state index contributed by atoms with van der Waals surface area (Å²) in [5, 5.41) is 23.3. The van der Waals surface area contributed by atoms with Crippen LogP contribution in [0.3, 0.4) is 0 Å². The summed E-state index contributed by atoms with van der Waals surface area (Å²) >= 11 is 0. The van der Waals surface area contributed by atoms with Gasteiger partial charge in [0.25, 0.3) is 0 Å². The first-order chi connectivity index (χ1) is 11.2. The Kier molecular flexibility index (Phi) is 3.22. The van der Waals surface area contributed by atoms with Crippen molar-refractivity contribution in [2.24, 2.45) is 33.7 Å². The van der Waals surface area contributed by atoms with E-state index in [-0.39, 0.29) is 16.7 Å². The highest BCUT2D eigenvalue weighted by Crippen LogP contribution is 2.65. The number of nitrogens with zero attached hydrogens (tertiary/aromatic N) is 1. The molecule has 0 amide bonds. The lowest BCUT2D eigenvalue weighted by Crippen LogP contribution is -2.57. The van der Waals surface area contributed by atoms with Crippen molar-refractivity contribution in [3.05, 3.63) is 23.8 Å². The standard InChI is InChI=1S/C20H27NO3/c1-18-8-6-13(21-24)10-12(18)4-5-14-15-7-9-20(3,23)19(15,2)11-16(22)17(14)18/h6,8,10,14-15,17,23-24H,4-5,7,9,11H2,1-3H3/b21-13+/t14-,15?,17?,18-,19-,20+/m0/s1. The Morgan fingerprint density at radius 1 is 1.25 bits per heavy atom. The molecule has 0 aliphatic heterocycles. The highest BCUT2D eigenvalue weighted by Gasteiger charge is 2.64. The smallest absolute Gasteiger partial charge is 0.138 e. The molecule has 0 bridgehead atoms. The van der Waals surface area contributed by atoms with Crippen LogP contribution in [0.2, 0.25) is 0 Å². The molecule has 130 valence electrons. The average Bonchev–Trinajstić information content (AvgIpc) is 2.76. The summed E-state index contributed by atoms with van der Waals surface area (Å²) < 4.78 is 0. The number of rotatable bonds is 0. The topological polar surface area (TPSA) is 69.9 Å². The minimum Gasteiger partial charge on any atom is -0.410 e. The second kappa shape index (κ2) is 4.81. The number of Topliss-reactive ketones (excluding diaryl/α,β-unsaturated/α-hetero) is 1. The van der Waals surface area contributed by atoms with Gasteiger partial charge in [0.05, 0.1) is 5.60 Å². The Morgan fingerprint density at radius 2 is 2.00 bits per heavy atom. The quantitative estimate of drug-likeness (QED) is 0.528. The summed E-state index contributed by atoms with van der Waals surface area (Å²) in [6.45, 7) is 6.20. The highest BCUT2D eigenvalue weighted by atomic mass is 16.4. The summed E-state index contributed by atoms with van der Waals surface area (Å²) in [4.78, 5) is 13.2. The first-order valence-electron chi connectivity index (χ1n) is 9.10. The molecule has 0 spiro atoms. The minimum atomic E-state index is -0.742. The molecule has 0 aromatic rings. The molecule has 0 radical (unpaired) electrons. The lowest BCUT2D eigenvalue weighted by molar-refractivity contribution is -0.153. The third-order valence-corrected chi connectivity index (χ3v) is 7.95. The number of hydrogen-bond donors (Lipinski definition) is 2. The molecule has 4 rings (SSSR count). The number of oxime groups is 1. The molecule has 0 aromatic heterocycles. The summed E-state index contributed by atoms with van der Waals surface area (Å²) in [6, 6.07) is 0. The number of hydrogen-bond acceptors (Lipinski definition) is 4. The molecule has 0 heterocycles. The summed E-state index contributed by atoms with van der Waals surface area (Å²) in [5.41, 5.74) is 0.468. The maximum absolute atomic E-state index is 13.2. The predicted octanol–water partition coefficient (Wildman–Crippen LogP) is 3.49. The molecule has 4 heteroatoms. The number of carbonyl (C=O) groups excluding carboxylic acids is 1. The summed E-state index contributed by atoms with van der Waals surface area (Å²) in [7, 11) is 0. The fourth-order valence-corrected chi connectivity index (χ4v) is 6.32. The van der Waals surface area contributed by atoms with Crippen LogP contribution in [-0.2, 0) is 4.79 Å². The lowest BCUT2D eigenvalue weighted by atomic mass is 9.47. The molecule has 2 unspecified atom stereocenters. The Labute approximate surface area is 143 Å². The second-order valence-electron chi connectivity index (χ2n) is 8.97. The highest BCUT2D eigenvalue weighted by molar-refractivity contribution is 6.05. The van der Waals surface area contributed by atoms with Gasteiger partial charge in [-0.05, 0) is 56.6 Å². The van der Waals surface area contributed by atoms with E-state index < -0.39 is 5.60 Å². The van der Waals surface area contributed by atoms with Gasteiger partial charge >= 0.3 is 0 Å². The minimum absolute atomic E-state index is 0.0130. The van der Waals surface area contributed by atoms with E-state index in [1.807, 2.05) is 19.1 Å². The molecular formula is C20H27NO3. The molecule has 4 aliphatic carbocycles.